The number of nitrogens with one attached hydrogen (secondary N) is 2. The highest BCUT2D eigenvalue weighted by atomic mass is 32.2. The topological polar surface area (TPSA) is 71.1 Å². The van der Waals surface area contributed by atoms with E-state index in [2.05, 4.69) is 15.0 Å². The molecule has 6 heteroatoms. The Balaban J connectivity index is 1.94. The number of piperidine rings is 1. The number of sulfonamides is 1. The Bertz CT molecular complexity index is 484. The van der Waals surface area contributed by atoms with Crippen LogP contribution in [0.5, 0.6) is 0 Å². The van der Waals surface area contributed by atoms with Gasteiger partial charge in [0.1, 0.15) is 5.25 Å². The monoisotopic (exact) mass is 283 g/mol. The molecule has 5 nitrogen and oxygen atoms in total. The highest BCUT2D eigenvalue weighted by Gasteiger charge is 2.24. The van der Waals surface area contributed by atoms with E-state index in [1.54, 1.807) is 31.3 Å². The van der Waals surface area contributed by atoms with Crippen LogP contribution in [0.15, 0.2) is 24.4 Å². The van der Waals surface area contributed by atoms with Crippen molar-refractivity contribution in [1.82, 2.24) is 15.0 Å². The van der Waals surface area contributed by atoms with Gasteiger partial charge in [-0.3, -0.25) is 4.98 Å². The standard InChI is InChI=1S/C13H21N3O2S/c1-11(13-7-3-5-9-15-13)19(17,18)16-10-12-6-2-4-8-14-12/h3,5,7,9,11-12,14,16H,2,4,6,8,10H2,1H3/t11-,12-/m1/s1. The molecule has 1 aliphatic rings. The molecule has 2 N–H and O–H groups in total. The summed E-state index contributed by atoms with van der Waals surface area (Å²) in [6, 6.07) is 5.57. The number of aromatic nitrogens is 1. The lowest BCUT2D eigenvalue weighted by molar-refractivity contribution is 0.397. The first-order valence-electron chi connectivity index (χ1n) is 6.72. The molecule has 1 saturated heterocycles. The lowest BCUT2D eigenvalue weighted by Crippen LogP contribution is -2.44. The minimum atomic E-state index is -3.37. The van der Waals surface area contributed by atoms with Gasteiger partial charge in [0.05, 0.1) is 5.69 Å². The summed E-state index contributed by atoms with van der Waals surface area (Å²) in [6.07, 6.45) is 4.98. The zero-order chi connectivity index (χ0) is 13.7. The molecule has 0 spiro atoms. The molecular formula is C13H21N3O2S. The summed E-state index contributed by atoms with van der Waals surface area (Å²) < 4.78 is 27.1. The molecule has 0 amide bonds. The number of pyridine rings is 1. The van der Waals surface area contributed by atoms with Crippen LogP contribution in [0.1, 0.15) is 37.1 Å². The van der Waals surface area contributed by atoms with Gasteiger partial charge >= 0.3 is 0 Å². The summed E-state index contributed by atoms with van der Waals surface area (Å²) in [5, 5.41) is 2.70. The maximum atomic E-state index is 12.2. The molecule has 1 aromatic rings. The minimum Gasteiger partial charge on any atom is -0.313 e. The third kappa shape index (κ3) is 3.99. The second kappa shape index (κ2) is 6.45. The van der Waals surface area contributed by atoms with Crippen LogP contribution in [0.4, 0.5) is 0 Å². The van der Waals surface area contributed by atoms with E-state index < -0.39 is 15.3 Å². The van der Waals surface area contributed by atoms with Crippen LogP contribution in [-0.2, 0) is 10.0 Å². The molecule has 0 saturated carbocycles. The van der Waals surface area contributed by atoms with Gasteiger partial charge < -0.3 is 5.32 Å². The van der Waals surface area contributed by atoms with E-state index in [1.165, 1.54) is 6.42 Å². The van der Waals surface area contributed by atoms with Gasteiger partial charge in [-0.15, -0.1) is 0 Å². The highest BCUT2D eigenvalue weighted by Crippen LogP contribution is 2.18. The van der Waals surface area contributed by atoms with Gasteiger partial charge in [-0.2, -0.15) is 0 Å². The zero-order valence-electron chi connectivity index (χ0n) is 11.2. The SMILES string of the molecule is C[C@H](c1ccccn1)S(=O)(=O)NC[C@H]1CCCCN1. The van der Waals surface area contributed by atoms with Crippen molar-refractivity contribution in [2.75, 3.05) is 13.1 Å². The van der Waals surface area contributed by atoms with Crippen LogP contribution in [0, 0.1) is 0 Å². The molecule has 1 aromatic heterocycles. The fourth-order valence-corrected chi connectivity index (χ4v) is 3.36. The lowest BCUT2D eigenvalue weighted by atomic mass is 10.1. The molecule has 2 heterocycles. The van der Waals surface area contributed by atoms with Crippen LogP contribution in [-0.4, -0.2) is 32.5 Å². The highest BCUT2D eigenvalue weighted by molar-refractivity contribution is 7.89. The average Bonchev–Trinajstić information content (AvgIpc) is 2.46. The minimum absolute atomic E-state index is 0.249. The van der Waals surface area contributed by atoms with E-state index in [0.29, 0.717) is 12.2 Å². The van der Waals surface area contributed by atoms with Crippen molar-refractivity contribution in [3.63, 3.8) is 0 Å². The molecule has 1 fully saturated rings. The molecule has 0 unspecified atom stereocenters. The summed E-state index contributed by atoms with van der Waals surface area (Å²) in [5.41, 5.74) is 0.576. The predicted octanol–water partition coefficient (Wildman–Crippen LogP) is 1.20. The summed E-state index contributed by atoms with van der Waals surface area (Å²) in [6.45, 7) is 3.10. The third-order valence-electron chi connectivity index (χ3n) is 3.51. The van der Waals surface area contributed by atoms with Crippen molar-refractivity contribution in [3.05, 3.63) is 30.1 Å². The van der Waals surface area contributed by atoms with Crippen molar-refractivity contribution >= 4 is 10.0 Å². The van der Waals surface area contributed by atoms with E-state index in [-0.39, 0.29) is 6.04 Å². The summed E-state index contributed by atoms with van der Waals surface area (Å²) >= 11 is 0. The molecule has 0 bridgehead atoms. The fraction of sp³-hybridized carbons (Fsp3) is 0.615. The van der Waals surface area contributed by atoms with Crippen LogP contribution < -0.4 is 10.0 Å². The van der Waals surface area contributed by atoms with E-state index in [4.69, 9.17) is 0 Å². The fourth-order valence-electron chi connectivity index (χ4n) is 2.22. The van der Waals surface area contributed by atoms with E-state index in [9.17, 15) is 8.42 Å². The first kappa shape index (κ1) is 14.4. The van der Waals surface area contributed by atoms with Gasteiger partial charge in [0.2, 0.25) is 10.0 Å². The van der Waals surface area contributed by atoms with Crippen LogP contribution in [0.2, 0.25) is 0 Å². The van der Waals surface area contributed by atoms with Crippen molar-refractivity contribution in [1.29, 1.82) is 0 Å². The largest absolute Gasteiger partial charge is 0.313 e. The molecule has 0 aromatic carbocycles. The molecular weight excluding hydrogens is 262 g/mol. The summed E-state index contributed by atoms with van der Waals surface area (Å²) in [5.74, 6) is 0. The first-order chi connectivity index (χ1) is 9.09. The maximum absolute atomic E-state index is 12.2. The van der Waals surface area contributed by atoms with Gasteiger partial charge in [-0.1, -0.05) is 12.5 Å². The van der Waals surface area contributed by atoms with E-state index in [0.717, 1.165) is 19.4 Å². The summed E-state index contributed by atoms with van der Waals surface area (Å²) in [4.78, 5) is 4.10. The van der Waals surface area contributed by atoms with Crippen LogP contribution >= 0.6 is 0 Å². The first-order valence-corrected chi connectivity index (χ1v) is 8.27. The van der Waals surface area contributed by atoms with Gasteiger partial charge in [0.25, 0.3) is 0 Å². The number of hydrogen-bond donors (Lipinski definition) is 2. The van der Waals surface area contributed by atoms with Gasteiger partial charge in [-0.05, 0) is 38.4 Å². The zero-order valence-corrected chi connectivity index (χ0v) is 12.0. The Labute approximate surface area is 114 Å². The smallest absolute Gasteiger partial charge is 0.220 e. The normalized spacial score (nSPS) is 22.1. The van der Waals surface area contributed by atoms with E-state index >= 15 is 0 Å². The van der Waals surface area contributed by atoms with Gasteiger partial charge in [0, 0.05) is 18.8 Å². The van der Waals surface area contributed by atoms with Crippen molar-refractivity contribution in [3.8, 4) is 0 Å². The molecule has 1 aliphatic heterocycles. The Morgan fingerprint density at radius 1 is 1.47 bits per heavy atom. The predicted molar refractivity (Wildman–Crippen MR) is 75.2 cm³/mol. The molecule has 19 heavy (non-hydrogen) atoms. The third-order valence-corrected chi connectivity index (χ3v) is 5.25. The Hall–Kier alpha value is -0.980. The van der Waals surface area contributed by atoms with Crippen LogP contribution in [0.25, 0.3) is 0 Å². The summed E-state index contributed by atoms with van der Waals surface area (Å²) in [7, 11) is -3.37. The quantitative estimate of drug-likeness (QED) is 0.852. The second-order valence-corrected chi connectivity index (χ2v) is 7.02. The second-order valence-electron chi connectivity index (χ2n) is 4.94. The molecule has 2 rings (SSSR count). The lowest BCUT2D eigenvalue weighted by Gasteiger charge is -2.24. The number of rotatable bonds is 5. The number of nitrogens with zero attached hydrogens (tertiary/aromatic N) is 1. The molecule has 2 atom stereocenters. The van der Waals surface area contributed by atoms with Crippen molar-refractivity contribution in [2.45, 2.75) is 37.5 Å². The molecule has 106 valence electrons. The maximum Gasteiger partial charge on any atom is 0.220 e. The Morgan fingerprint density at radius 2 is 2.32 bits per heavy atom. The van der Waals surface area contributed by atoms with Crippen molar-refractivity contribution in [2.24, 2.45) is 0 Å². The molecule has 0 aliphatic carbocycles. The number of hydrogen-bond acceptors (Lipinski definition) is 4. The van der Waals surface area contributed by atoms with Gasteiger partial charge in [-0.25, -0.2) is 13.1 Å². The van der Waals surface area contributed by atoms with Crippen molar-refractivity contribution < 1.29 is 8.42 Å². The molecule has 0 radical (unpaired) electrons. The van der Waals surface area contributed by atoms with E-state index in [1.807, 2.05) is 0 Å². The Kier molecular flexibility index (Phi) is 4.90. The Morgan fingerprint density at radius 3 is 2.95 bits per heavy atom. The average molecular weight is 283 g/mol. The van der Waals surface area contributed by atoms with Gasteiger partial charge in [0.15, 0.2) is 0 Å². The van der Waals surface area contributed by atoms with Crippen LogP contribution in [0.3, 0.4) is 0 Å².